The molecule has 5 heterocycles. The number of fused-ring (bicyclic) bond motifs is 1. The third kappa shape index (κ3) is 5.41. The molecule has 0 aliphatic carbocycles. The molecule has 7 heteroatoms. The summed E-state index contributed by atoms with van der Waals surface area (Å²) in [7, 11) is 0. The van der Waals surface area contributed by atoms with Gasteiger partial charge in [0.2, 0.25) is 0 Å². The monoisotopic (exact) mass is 474 g/mol. The number of likely N-dealkylation sites (tertiary alicyclic amines) is 1. The van der Waals surface area contributed by atoms with Gasteiger partial charge in [0.25, 0.3) is 0 Å². The second-order valence-corrected chi connectivity index (χ2v) is 9.71. The number of rotatable bonds is 8. The van der Waals surface area contributed by atoms with Crippen molar-refractivity contribution in [2.24, 2.45) is 5.41 Å². The molecule has 1 N–H and O–H groups in total. The fraction of sp³-hybridized carbons (Fsp3) is 0.429. The number of hydrogen-bond donors (Lipinski definition) is 1. The van der Waals surface area contributed by atoms with Crippen molar-refractivity contribution in [3.63, 3.8) is 0 Å². The van der Waals surface area contributed by atoms with Crippen LogP contribution in [0.5, 0.6) is 11.5 Å². The number of aromatic nitrogens is 3. The molecule has 0 aromatic carbocycles. The van der Waals surface area contributed by atoms with Gasteiger partial charge < -0.3 is 24.1 Å². The molecule has 0 radical (unpaired) electrons. The zero-order chi connectivity index (χ0) is 24.3. The van der Waals surface area contributed by atoms with Gasteiger partial charge in [0.1, 0.15) is 22.9 Å². The van der Waals surface area contributed by atoms with Crippen LogP contribution in [0.25, 0.3) is 23.7 Å². The Labute approximate surface area is 206 Å². The van der Waals surface area contributed by atoms with Gasteiger partial charge in [-0.15, -0.1) is 0 Å². The van der Waals surface area contributed by atoms with E-state index < -0.39 is 0 Å². The average molecular weight is 475 g/mol. The molecule has 3 aromatic rings. The van der Waals surface area contributed by atoms with E-state index in [9.17, 15) is 0 Å². The lowest BCUT2D eigenvalue weighted by molar-refractivity contribution is -0.139. The third-order valence-electron chi connectivity index (χ3n) is 7.04. The van der Waals surface area contributed by atoms with Crippen LogP contribution in [0.2, 0.25) is 0 Å². The van der Waals surface area contributed by atoms with Crippen LogP contribution < -0.4 is 15.3 Å². The number of H-pyrrole nitrogens is 1. The maximum Gasteiger partial charge on any atom is 0.146 e. The molecule has 0 bridgehead atoms. The number of aryl methyl sites for hydroxylation is 1. The van der Waals surface area contributed by atoms with Crippen LogP contribution in [0.15, 0.2) is 42.4 Å². The molecule has 0 amide bonds. The number of allylic oxidation sites excluding steroid dienone is 2. The largest absolute Gasteiger partial charge is 0.494 e. The van der Waals surface area contributed by atoms with Crippen molar-refractivity contribution < 1.29 is 14.2 Å². The summed E-state index contributed by atoms with van der Waals surface area (Å²) in [5.74, 6) is 2.10. The van der Waals surface area contributed by atoms with E-state index in [0.717, 1.165) is 54.0 Å². The van der Waals surface area contributed by atoms with Crippen molar-refractivity contribution in [1.82, 2.24) is 19.9 Å². The first-order valence-electron chi connectivity index (χ1n) is 12.4. The molecular formula is C28H34N4O3. The minimum absolute atomic E-state index is 0.488. The highest BCUT2D eigenvalue weighted by Gasteiger charge is 2.40. The van der Waals surface area contributed by atoms with E-state index >= 15 is 0 Å². The van der Waals surface area contributed by atoms with Crippen LogP contribution >= 0.6 is 0 Å². The Kier molecular flexibility index (Phi) is 6.88. The van der Waals surface area contributed by atoms with Crippen molar-refractivity contribution in [3.05, 3.63) is 58.7 Å². The van der Waals surface area contributed by atoms with E-state index in [1.54, 1.807) is 12.4 Å². The van der Waals surface area contributed by atoms with E-state index in [2.05, 4.69) is 26.4 Å². The van der Waals surface area contributed by atoms with E-state index in [1.165, 1.54) is 25.9 Å². The predicted octanol–water partition coefficient (Wildman–Crippen LogP) is 3.67. The molecular weight excluding hydrogens is 440 g/mol. The molecule has 3 aromatic heterocycles. The highest BCUT2D eigenvalue weighted by Crippen LogP contribution is 2.38. The summed E-state index contributed by atoms with van der Waals surface area (Å²) in [5.41, 5.74) is 2.40. The highest BCUT2D eigenvalue weighted by atomic mass is 16.5. The van der Waals surface area contributed by atoms with Gasteiger partial charge in [0.15, 0.2) is 0 Å². The molecule has 35 heavy (non-hydrogen) atoms. The molecule has 2 fully saturated rings. The number of nitrogens with zero attached hydrogens (tertiary/aromatic N) is 3. The van der Waals surface area contributed by atoms with Gasteiger partial charge >= 0.3 is 0 Å². The number of pyridine rings is 2. The molecule has 2 aliphatic rings. The van der Waals surface area contributed by atoms with Gasteiger partial charge in [-0.25, -0.2) is 4.98 Å². The Morgan fingerprint density at radius 1 is 1.26 bits per heavy atom. The molecule has 184 valence electrons. The minimum Gasteiger partial charge on any atom is -0.494 e. The normalized spacial score (nSPS) is 18.7. The van der Waals surface area contributed by atoms with Crippen LogP contribution in [0, 0.1) is 12.3 Å². The Bertz CT molecular complexity index is 1320. The van der Waals surface area contributed by atoms with Gasteiger partial charge in [-0.2, -0.15) is 0 Å². The highest BCUT2D eigenvalue weighted by molar-refractivity contribution is 5.77. The van der Waals surface area contributed by atoms with E-state index in [0.29, 0.717) is 28.7 Å². The van der Waals surface area contributed by atoms with E-state index in [-0.39, 0.29) is 0 Å². The summed E-state index contributed by atoms with van der Waals surface area (Å²) in [6, 6.07) is 5.84. The molecule has 0 saturated carbocycles. The number of aromatic amines is 1. The maximum atomic E-state index is 6.10. The Balaban J connectivity index is 1.17. The lowest BCUT2D eigenvalue weighted by atomic mass is 9.77. The Hall–Kier alpha value is -3.16. The van der Waals surface area contributed by atoms with Gasteiger partial charge in [0, 0.05) is 40.5 Å². The van der Waals surface area contributed by atoms with Crippen molar-refractivity contribution in [2.45, 2.75) is 33.1 Å². The maximum absolute atomic E-state index is 6.10. The molecule has 2 aliphatic heterocycles. The van der Waals surface area contributed by atoms with Gasteiger partial charge in [-0.3, -0.25) is 4.98 Å². The lowest BCUT2D eigenvalue weighted by Crippen LogP contribution is -2.51. The lowest BCUT2D eigenvalue weighted by Gasteiger charge is -2.47. The molecule has 0 unspecified atom stereocenters. The number of ether oxygens (including phenoxy) is 3. The molecule has 5 rings (SSSR count). The van der Waals surface area contributed by atoms with Crippen LogP contribution in [0.3, 0.4) is 0 Å². The molecule has 2 saturated heterocycles. The molecule has 0 atom stereocenters. The summed E-state index contributed by atoms with van der Waals surface area (Å²) in [5, 5.41) is 2.45. The zero-order valence-corrected chi connectivity index (χ0v) is 20.7. The zero-order valence-electron chi connectivity index (χ0n) is 20.7. The van der Waals surface area contributed by atoms with Crippen molar-refractivity contribution >= 4 is 23.7 Å². The van der Waals surface area contributed by atoms with E-state index in [1.807, 2.05) is 44.2 Å². The smallest absolute Gasteiger partial charge is 0.146 e. The van der Waals surface area contributed by atoms with Gasteiger partial charge in [-0.1, -0.05) is 6.58 Å². The predicted molar refractivity (Wildman–Crippen MR) is 138 cm³/mol. The van der Waals surface area contributed by atoms with Gasteiger partial charge in [-0.05, 0) is 70.5 Å². The number of piperidine rings is 1. The molecule has 7 nitrogen and oxygen atoms in total. The SMILES string of the molecule is C=c1c(Oc2cnc3[nH]c(C)cc3c2)ccn/c1=C/C(=C\C)OCCCN1CCC2(CC1)COC2. The summed E-state index contributed by atoms with van der Waals surface area (Å²) in [6.45, 7) is 14.2. The molecule has 1 spiro atoms. The fourth-order valence-electron chi connectivity index (χ4n) is 4.78. The Morgan fingerprint density at radius 2 is 2.09 bits per heavy atom. The van der Waals surface area contributed by atoms with Crippen LogP contribution in [0.1, 0.15) is 31.9 Å². The number of hydrogen-bond acceptors (Lipinski definition) is 6. The first-order chi connectivity index (χ1) is 17.0. The van der Waals surface area contributed by atoms with Crippen LogP contribution in [-0.2, 0) is 9.47 Å². The standard InChI is InChI=1S/C28H34N4O3/c1-4-23(34-13-5-10-32-11-7-28(8-12-32)18-33-19-28)16-25-21(3)26(6-9-29-25)35-24-15-22-14-20(2)31-27(22)30-17-24/h4,6,9,14-17H,3,5,7-8,10-13,18-19H2,1-2H3,(H,30,31)/b23-4+,25-16+. The van der Waals surface area contributed by atoms with Crippen LogP contribution in [-0.4, -0.2) is 59.3 Å². The minimum atomic E-state index is 0.488. The quantitative estimate of drug-likeness (QED) is 0.397. The summed E-state index contributed by atoms with van der Waals surface area (Å²) in [4.78, 5) is 14.7. The second kappa shape index (κ2) is 10.2. The summed E-state index contributed by atoms with van der Waals surface area (Å²) >= 11 is 0. The van der Waals surface area contributed by atoms with Crippen molar-refractivity contribution in [3.8, 4) is 11.5 Å². The topological polar surface area (TPSA) is 72.5 Å². The first kappa shape index (κ1) is 23.6. The Morgan fingerprint density at radius 3 is 2.83 bits per heavy atom. The summed E-state index contributed by atoms with van der Waals surface area (Å²) in [6.07, 6.45) is 10.8. The average Bonchev–Trinajstić information content (AvgIpc) is 3.22. The number of nitrogens with one attached hydrogen (secondary N) is 1. The first-order valence-corrected chi connectivity index (χ1v) is 12.4. The third-order valence-corrected chi connectivity index (χ3v) is 7.04. The van der Waals surface area contributed by atoms with E-state index in [4.69, 9.17) is 14.2 Å². The van der Waals surface area contributed by atoms with Gasteiger partial charge in [0.05, 0.1) is 31.4 Å². The second-order valence-electron chi connectivity index (χ2n) is 9.71. The van der Waals surface area contributed by atoms with Crippen LogP contribution in [0.4, 0.5) is 0 Å². The summed E-state index contributed by atoms with van der Waals surface area (Å²) < 4.78 is 17.6. The fourth-order valence-corrected chi connectivity index (χ4v) is 4.78. The van der Waals surface area contributed by atoms with Crippen molar-refractivity contribution in [2.75, 3.05) is 39.5 Å². The van der Waals surface area contributed by atoms with Crippen molar-refractivity contribution in [1.29, 1.82) is 0 Å².